The van der Waals surface area contributed by atoms with Crippen molar-refractivity contribution >= 4 is 5.95 Å². The summed E-state index contributed by atoms with van der Waals surface area (Å²) in [7, 11) is 0. The molecule has 0 bridgehead atoms. The molecule has 1 aliphatic carbocycles. The molecule has 1 atom stereocenters. The van der Waals surface area contributed by atoms with Crippen molar-refractivity contribution in [1.29, 1.82) is 5.26 Å². The Bertz CT molecular complexity index is 726. The molecule has 0 radical (unpaired) electrons. The van der Waals surface area contributed by atoms with Crippen LogP contribution in [0.3, 0.4) is 0 Å². The second kappa shape index (κ2) is 6.67. The van der Waals surface area contributed by atoms with Crippen molar-refractivity contribution in [2.75, 3.05) is 11.9 Å². The number of nitriles is 1. The Balaban J connectivity index is 1.72. The molecule has 1 aromatic heterocycles. The maximum Gasteiger partial charge on any atom is 0.222 e. The topological polar surface area (TPSA) is 70.8 Å². The molecule has 1 saturated carbocycles. The molecule has 0 spiro atoms. The third-order valence-electron chi connectivity index (χ3n) is 3.42. The van der Waals surface area contributed by atoms with Crippen molar-refractivity contribution in [1.82, 2.24) is 9.97 Å². The molecule has 0 unspecified atom stereocenters. The van der Waals surface area contributed by atoms with E-state index in [-0.39, 0.29) is 12.6 Å². The van der Waals surface area contributed by atoms with Crippen LogP contribution < -0.4 is 5.32 Å². The van der Waals surface area contributed by atoms with Crippen LogP contribution in [0.25, 0.3) is 0 Å². The molecule has 2 aromatic rings. The monoisotopic (exact) mass is 316 g/mol. The maximum absolute atomic E-state index is 14.0. The number of rotatable bonds is 6. The molecule has 0 amide bonds. The van der Waals surface area contributed by atoms with Crippen LogP contribution in [-0.2, 0) is 4.74 Å². The summed E-state index contributed by atoms with van der Waals surface area (Å²) in [4.78, 5) is 7.98. The molecule has 1 fully saturated rings. The van der Waals surface area contributed by atoms with Crippen molar-refractivity contribution in [3.8, 4) is 6.07 Å². The van der Waals surface area contributed by atoms with Gasteiger partial charge in [0, 0.05) is 18.2 Å². The molecule has 3 rings (SSSR count). The van der Waals surface area contributed by atoms with Gasteiger partial charge in [-0.3, -0.25) is 0 Å². The van der Waals surface area contributed by atoms with Crippen molar-refractivity contribution in [3.63, 3.8) is 0 Å². The Hall–Kier alpha value is -2.59. The van der Waals surface area contributed by atoms with Crippen molar-refractivity contribution in [2.24, 2.45) is 0 Å². The molecule has 23 heavy (non-hydrogen) atoms. The van der Waals surface area contributed by atoms with Crippen molar-refractivity contribution < 1.29 is 13.5 Å². The highest BCUT2D eigenvalue weighted by Crippen LogP contribution is 2.32. The van der Waals surface area contributed by atoms with Gasteiger partial charge < -0.3 is 10.1 Å². The van der Waals surface area contributed by atoms with Gasteiger partial charge in [-0.15, -0.1) is 0 Å². The fourth-order valence-electron chi connectivity index (χ4n) is 2.09. The van der Waals surface area contributed by atoms with Gasteiger partial charge in [-0.25, -0.2) is 18.7 Å². The SMILES string of the molecule is N#Cc1cnc(NC[C@H](OC2CC2)c2ccc(F)cc2F)nc1. The van der Waals surface area contributed by atoms with E-state index in [0.717, 1.165) is 18.9 Å². The van der Waals surface area contributed by atoms with Gasteiger partial charge in [0.05, 0.1) is 24.1 Å². The van der Waals surface area contributed by atoms with E-state index in [1.165, 1.54) is 24.5 Å². The van der Waals surface area contributed by atoms with E-state index in [9.17, 15) is 8.78 Å². The fraction of sp³-hybridized carbons (Fsp3) is 0.312. The first-order valence-corrected chi connectivity index (χ1v) is 7.22. The predicted molar refractivity (Wildman–Crippen MR) is 78.4 cm³/mol. The summed E-state index contributed by atoms with van der Waals surface area (Å²) >= 11 is 0. The average Bonchev–Trinajstić information content (AvgIpc) is 3.36. The Morgan fingerprint density at radius 3 is 2.65 bits per heavy atom. The quantitative estimate of drug-likeness (QED) is 0.887. The first-order valence-electron chi connectivity index (χ1n) is 7.22. The van der Waals surface area contributed by atoms with Gasteiger partial charge in [-0.2, -0.15) is 5.26 Å². The molecule has 5 nitrogen and oxygen atoms in total. The summed E-state index contributed by atoms with van der Waals surface area (Å²) in [5.74, 6) is -0.950. The van der Waals surface area contributed by atoms with Crippen LogP contribution in [0.4, 0.5) is 14.7 Å². The number of benzene rings is 1. The highest BCUT2D eigenvalue weighted by Gasteiger charge is 2.28. The van der Waals surface area contributed by atoms with Crippen LogP contribution in [0.1, 0.15) is 30.1 Å². The van der Waals surface area contributed by atoms with Crippen LogP contribution in [0.2, 0.25) is 0 Å². The van der Waals surface area contributed by atoms with E-state index < -0.39 is 17.7 Å². The molecule has 1 heterocycles. The lowest BCUT2D eigenvalue weighted by Gasteiger charge is -2.19. The highest BCUT2D eigenvalue weighted by atomic mass is 19.1. The van der Waals surface area contributed by atoms with E-state index >= 15 is 0 Å². The number of nitrogens with zero attached hydrogens (tertiary/aromatic N) is 3. The molecular weight excluding hydrogens is 302 g/mol. The second-order valence-corrected chi connectivity index (χ2v) is 5.28. The lowest BCUT2D eigenvalue weighted by molar-refractivity contribution is 0.0453. The van der Waals surface area contributed by atoms with Crippen molar-refractivity contribution in [3.05, 3.63) is 53.4 Å². The number of halogens is 2. The van der Waals surface area contributed by atoms with Gasteiger partial charge in [-0.1, -0.05) is 6.07 Å². The summed E-state index contributed by atoms with van der Waals surface area (Å²) in [6.07, 6.45) is 4.20. The van der Waals surface area contributed by atoms with Gasteiger partial charge in [0.15, 0.2) is 0 Å². The fourth-order valence-corrected chi connectivity index (χ4v) is 2.09. The summed E-state index contributed by atoms with van der Waals surface area (Å²) in [5, 5.41) is 11.7. The number of aromatic nitrogens is 2. The lowest BCUT2D eigenvalue weighted by atomic mass is 10.1. The number of ether oxygens (including phenoxy) is 1. The minimum Gasteiger partial charge on any atom is -0.368 e. The number of hydrogen-bond donors (Lipinski definition) is 1. The average molecular weight is 316 g/mol. The predicted octanol–water partition coefficient (Wildman–Crippen LogP) is 2.96. The smallest absolute Gasteiger partial charge is 0.222 e. The van der Waals surface area contributed by atoms with Crippen LogP contribution in [0, 0.1) is 23.0 Å². The van der Waals surface area contributed by atoms with E-state index in [2.05, 4.69) is 15.3 Å². The zero-order valence-corrected chi connectivity index (χ0v) is 12.2. The Morgan fingerprint density at radius 1 is 1.30 bits per heavy atom. The van der Waals surface area contributed by atoms with Gasteiger partial charge in [0.25, 0.3) is 0 Å². The molecule has 7 heteroatoms. The van der Waals surface area contributed by atoms with E-state index in [1.54, 1.807) is 0 Å². The van der Waals surface area contributed by atoms with Gasteiger partial charge >= 0.3 is 0 Å². The summed E-state index contributed by atoms with van der Waals surface area (Å²) in [5.41, 5.74) is 0.644. The Labute approximate surface area is 131 Å². The van der Waals surface area contributed by atoms with E-state index in [0.29, 0.717) is 17.1 Å². The first kappa shape index (κ1) is 15.3. The summed E-state index contributed by atoms with van der Waals surface area (Å²) in [6, 6.07) is 5.37. The zero-order valence-electron chi connectivity index (χ0n) is 12.2. The molecule has 1 aliphatic rings. The molecule has 1 aromatic carbocycles. The molecule has 0 saturated heterocycles. The second-order valence-electron chi connectivity index (χ2n) is 5.28. The molecule has 1 N–H and O–H groups in total. The maximum atomic E-state index is 14.0. The largest absolute Gasteiger partial charge is 0.368 e. The summed E-state index contributed by atoms with van der Waals surface area (Å²) < 4.78 is 32.8. The van der Waals surface area contributed by atoms with Crippen molar-refractivity contribution in [2.45, 2.75) is 25.0 Å². The van der Waals surface area contributed by atoms with Crippen LogP contribution in [0.15, 0.2) is 30.6 Å². The Morgan fingerprint density at radius 2 is 2.04 bits per heavy atom. The molecule has 118 valence electrons. The summed E-state index contributed by atoms with van der Waals surface area (Å²) in [6.45, 7) is 0.241. The third-order valence-corrected chi connectivity index (χ3v) is 3.42. The standard InChI is InChI=1S/C16H14F2N4O/c17-11-1-4-13(14(18)5-11)15(23-12-2-3-12)9-22-16-20-7-10(6-19)8-21-16/h1,4-5,7-8,12,15H,2-3,9H2,(H,20,21,22)/t15-/m0/s1. The molecular formula is C16H14F2N4O. The number of anilines is 1. The molecule has 0 aliphatic heterocycles. The normalized spacial score (nSPS) is 15.0. The Kier molecular flexibility index (Phi) is 4.44. The van der Waals surface area contributed by atoms with Crippen LogP contribution in [0.5, 0.6) is 0 Å². The van der Waals surface area contributed by atoms with E-state index in [1.807, 2.05) is 6.07 Å². The lowest BCUT2D eigenvalue weighted by Crippen LogP contribution is -2.19. The minimum absolute atomic E-state index is 0.105. The zero-order chi connectivity index (χ0) is 16.2. The third kappa shape index (κ3) is 3.99. The van der Waals surface area contributed by atoms with Gasteiger partial charge in [-0.05, 0) is 18.9 Å². The van der Waals surface area contributed by atoms with Crippen LogP contribution in [-0.4, -0.2) is 22.6 Å². The number of hydrogen-bond acceptors (Lipinski definition) is 5. The van der Waals surface area contributed by atoms with Crippen LogP contribution >= 0.6 is 0 Å². The highest BCUT2D eigenvalue weighted by molar-refractivity contribution is 5.31. The van der Waals surface area contributed by atoms with Gasteiger partial charge in [0.2, 0.25) is 5.95 Å². The first-order chi connectivity index (χ1) is 11.2. The van der Waals surface area contributed by atoms with E-state index in [4.69, 9.17) is 10.00 Å². The minimum atomic E-state index is -0.641. The number of nitrogens with one attached hydrogen (secondary N) is 1. The van der Waals surface area contributed by atoms with Gasteiger partial charge in [0.1, 0.15) is 23.8 Å².